The maximum absolute atomic E-state index is 10.1. The normalized spacial score (nSPS) is 27.6. The van der Waals surface area contributed by atoms with Gasteiger partial charge in [-0.15, -0.1) is 0 Å². The smallest absolute Gasteiger partial charge is 0.0914 e. The highest BCUT2D eigenvalue weighted by molar-refractivity contribution is 9.10. The summed E-state index contributed by atoms with van der Waals surface area (Å²) in [6.07, 6.45) is 0.00660. The van der Waals surface area contributed by atoms with Gasteiger partial charge in [0.1, 0.15) is 0 Å². The summed E-state index contributed by atoms with van der Waals surface area (Å²) in [7, 11) is 0. The second-order valence-electron chi connectivity index (χ2n) is 5.60. The fourth-order valence-electron chi connectivity index (χ4n) is 2.33. The van der Waals surface area contributed by atoms with E-state index in [4.69, 9.17) is 0 Å². The average molecular weight is 314 g/mol. The van der Waals surface area contributed by atoms with Gasteiger partial charge in [-0.25, -0.2) is 0 Å². The Kier molecular flexibility index (Phi) is 4.11. The van der Waals surface area contributed by atoms with Crippen molar-refractivity contribution in [3.05, 3.63) is 34.3 Å². The predicted octanol–water partition coefficient (Wildman–Crippen LogP) is 2.23. The van der Waals surface area contributed by atoms with Crippen LogP contribution in [0.15, 0.2) is 28.7 Å². The third-order valence-electron chi connectivity index (χ3n) is 4.01. The molecule has 1 fully saturated rings. The first-order valence-corrected chi connectivity index (χ1v) is 7.05. The Bertz CT molecular complexity index is 422. The van der Waals surface area contributed by atoms with Gasteiger partial charge in [0.2, 0.25) is 0 Å². The molecular weight excluding hydrogens is 294 g/mol. The van der Waals surface area contributed by atoms with E-state index in [1.807, 2.05) is 38.1 Å². The van der Waals surface area contributed by atoms with Crippen molar-refractivity contribution >= 4 is 15.9 Å². The molecule has 3 atom stereocenters. The van der Waals surface area contributed by atoms with E-state index in [1.54, 1.807) is 0 Å². The Morgan fingerprint density at radius 2 is 2.22 bits per heavy atom. The summed E-state index contributed by atoms with van der Waals surface area (Å²) in [6.45, 7) is 4.60. The van der Waals surface area contributed by atoms with Crippen molar-refractivity contribution in [1.82, 2.24) is 5.32 Å². The van der Waals surface area contributed by atoms with Gasteiger partial charge in [0.25, 0.3) is 0 Å². The van der Waals surface area contributed by atoms with E-state index in [-0.39, 0.29) is 17.6 Å². The molecule has 0 saturated heterocycles. The number of rotatable bonds is 4. The first-order chi connectivity index (χ1) is 8.41. The van der Waals surface area contributed by atoms with Gasteiger partial charge < -0.3 is 15.5 Å². The Labute approximate surface area is 116 Å². The van der Waals surface area contributed by atoms with Crippen molar-refractivity contribution in [2.24, 2.45) is 5.41 Å². The third-order valence-corrected chi connectivity index (χ3v) is 4.50. The number of aliphatic hydroxyl groups excluding tert-OH is 2. The van der Waals surface area contributed by atoms with Gasteiger partial charge >= 0.3 is 0 Å². The molecule has 0 radical (unpaired) electrons. The van der Waals surface area contributed by atoms with Crippen LogP contribution in [0.5, 0.6) is 0 Å². The Balaban J connectivity index is 1.88. The van der Waals surface area contributed by atoms with Crippen molar-refractivity contribution in [3.8, 4) is 0 Å². The van der Waals surface area contributed by atoms with E-state index >= 15 is 0 Å². The molecule has 0 aromatic heterocycles. The standard InChI is InChI=1S/C14H20BrNO2/c1-14(2)12(7-13(14)18)16-8-11(17)9-4-3-5-10(15)6-9/h3-6,11-13,16-18H,7-8H2,1-2H3. The van der Waals surface area contributed by atoms with Gasteiger partial charge in [-0.05, 0) is 24.1 Å². The minimum Gasteiger partial charge on any atom is -0.392 e. The molecule has 100 valence electrons. The van der Waals surface area contributed by atoms with Crippen LogP contribution in [0.3, 0.4) is 0 Å². The summed E-state index contributed by atoms with van der Waals surface area (Å²) in [5, 5.41) is 23.1. The highest BCUT2D eigenvalue weighted by Gasteiger charge is 2.46. The molecule has 0 aliphatic heterocycles. The molecule has 0 heterocycles. The number of nitrogens with one attached hydrogen (secondary N) is 1. The van der Waals surface area contributed by atoms with E-state index in [1.165, 1.54) is 0 Å². The van der Waals surface area contributed by atoms with Crippen molar-refractivity contribution in [2.75, 3.05) is 6.54 Å². The minimum atomic E-state index is -0.518. The molecule has 1 aromatic carbocycles. The van der Waals surface area contributed by atoms with Crippen LogP contribution in [0.25, 0.3) is 0 Å². The number of halogens is 1. The molecular formula is C14H20BrNO2. The average Bonchev–Trinajstić information content (AvgIpc) is 2.33. The van der Waals surface area contributed by atoms with Crippen molar-refractivity contribution in [2.45, 2.75) is 38.5 Å². The first kappa shape index (κ1) is 14.0. The van der Waals surface area contributed by atoms with Crippen LogP contribution >= 0.6 is 15.9 Å². The summed E-state index contributed by atoms with van der Waals surface area (Å²) < 4.78 is 0.971. The monoisotopic (exact) mass is 313 g/mol. The highest BCUT2D eigenvalue weighted by Crippen LogP contribution is 2.40. The zero-order valence-corrected chi connectivity index (χ0v) is 12.3. The first-order valence-electron chi connectivity index (χ1n) is 6.26. The summed E-state index contributed by atoms with van der Waals surface area (Å²) in [5.41, 5.74) is 0.798. The molecule has 4 heteroatoms. The molecule has 3 unspecified atom stereocenters. The molecule has 0 amide bonds. The quantitative estimate of drug-likeness (QED) is 0.799. The van der Waals surface area contributed by atoms with Crippen LogP contribution in [0.1, 0.15) is 31.9 Å². The fourth-order valence-corrected chi connectivity index (χ4v) is 2.75. The summed E-state index contributed by atoms with van der Waals surface area (Å²) in [4.78, 5) is 0. The number of hydrogen-bond acceptors (Lipinski definition) is 3. The van der Waals surface area contributed by atoms with Crippen LogP contribution in [0.2, 0.25) is 0 Å². The van der Waals surface area contributed by atoms with Gasteiger partial charge in [-0.2, -0.15) is 0 Å². The summed E-state index contributed by atoms with van der Waals surface area (Å²) in [6, 6.07) is 7.97. The SMILES string of the molecule is CC1(C)C(O)CC1NCC(O)c1cccc(Br)c1. The molecule has 1 aliphatic carbocycles. The maximum atomic E-state index is 10.1. The van der Waals surface area contributed by atoms with Crippen LogP contribution in [0.4, 0.5) is 0 Å². The Hall–Kier alpha value is -0.420. The molecule has 2 rings (SSSR count). The van der Waals surface area contributed by atoms with E-state index in [9.17, 15) is 10.2 Å². The Morgan fingerprint density at radius 3 is 2.78 bits per heavy atom. The molecule has 3 N–H and O–H groups in total. The third kappa shape index (κ3) is 2.77. The van der Waals surface area contributed by atoms with Gasteiger partial charge in [0.15, 0.2) is 0 Å². The molecule has 18 heavy (non-hydrogen) atoms. The maximum Gasteiger partial charge on any atom is 0.0914 e. The molecule has 0 spiro atoms. The number of benzene rings is 1. The lowest BCUT2D eigenvalue weighted by atomic mass is 9.64. The summed E-state index contributed by atoms with van der Waals surface area (Å²) >= 11 is 3.40. The second-order valence-corrected chi connectivity index (χ2v) is 6.52. The van der Waals surface area contributed by atoms with E-state index in [2.05, 4.69) is 21.2 Å². The second kappa shape index (κ2) is 5.29. The topological polar surface area (TPSA) is 52.5 Å². The molecule has 1 aromatic rings. The fraction of sp³-hybridized carbons (Fsp3) is 0.571. The lowest BCUT2D eigenvalue weighted by molar-refractivity contribution is -0.0749. The summed E-state index contributed by atoms with van der Waals surface area (Å²) in [5.74, 6) is 0. The van der Waals surface area contributed by atoms with Crippen LogP contribution < -0.4 is 5.32 Å². The Morgan fingerprint density at radius 1 is 1.50 bits per heavy atom. The lowest BCUT2D eigenvalue weighted by Gasteiger charge is -2.50. The molecule has 0 bridgehead atoms. The van der Waals surface area contributed by atoms with Crippen LogP contribution in [-0.2, 0) is 0 Å². The van der Waals surface area contributed by atoms with Crippen molar-refractivity contribution in [1.29, 1.82) is 0 Å². The molecule has 1 aliphatic rings. The van der Waals surface area contributed by atoms with Crippen molar-refractivity contribution in [3.63, 3.8) is 0 Å². The highest BCUT2D eigenvalue weighted by atomic mass is 79.9. The molecule has 1 saturated carbocycles. The van der Waals surface area contributed by atoms with Crippen LogP contribution in [-0.4, -0.2) is 28.9 Å². The number of hydrogen-bond donors (Lipinski definition) is 3. The van der Waals surface area contributed by atoms with Crippen LogP contribution in [0, 0.1) is 5.41 Å². The van der Waals surface area contributed by atoms with Gasteiger partial charge in [0, 0.05) is 22.5 Å². The molecule has 3 nitrogen and oxygen atoms in total. The van der Waals surface area contributed by atoms with E-state index in [0.717, 1.165) is 16.5 Å². The zero-order chi connectivity index (χ0) is 13.3. The van der Waals surface area contributed by atoms with Crippen molar-refractivity contribution < 1.29 is 10.2 Å². The van der Waals surface area contributed by atoms with E-state index < -0.39 is 6.10 Å². The van der Waals surface area contributed by atoms with Gasteiger partial charge in [-0.3, -0.25) is 0 Å². The van der Waals surface area contributed by atoms with E-state index in [0.29, 0.717) is 6.54 Å². The minimum absolute atomic E-state index is 0.100. The van der Waals surface area contributed by atoms with Gasteiger partial charge in [0.05, 0.1) is 12.2 Å². The largest absolute Gasteiger partial charge is 0.392 e. The number of aliphatic hydroxyl groups is 2. The lowest BCUT2D eigenvalue weighted by Crippen LogP contribution is -2.60. The predicted molar refractivity (Wildman–Crippen MR) is 75.3 cm³/mol. The zero-order valence-electron chi connectivity index (χ0n) is 10.7. The van der Waals surface area contributed by atoms with Gasteiger partial charge in [-0.1, -0.05) is 41.9 Å².